The van der Waals surface area contributed by atoms with E-state index in [4.69, 9.17) is 16.4 Å². The molecule has 174 valence electrons. The van der Waals surface area contributed by atoms with Gasteiger partial charge in [-0.25, -0.2) is 0 Å². The zero-order valence-corrected chi connectivity index (χ0v) is 21.7. The van der Waals surface area contributed by atoms with Gasteiger partial charge >= 0.3 is 0 Å². The van der Waals surface area contributed by atoms with E-state index in [9.17, 15) is 0 Å². The van der Waals surface area contributed by atoms with Crippen LogP contribution in [0.4, 0.5) is 0 Å². The Morgan fingerprint density at radius 2 is 0.643 bits per heavy atom. The van der Waals surface area contributed by atoms with E-state index in [1.165, 1.54) is 0 Å². The molecule has 0 unspecified atom stereocenters. The first kappa shape index (κ1) is 14.9. The maximum absolute atomic E-state index is 7.60. The lowest BCUT2D eigenvalue weighted by atomic mass is 9.56. The van der Waals surface area contributed by atoms with Crippen LogP contribution in [-0.2, 0) is 0 Å². The van der Waals surface area contributed by atoms with Gasteiger partial charge in [0, 0.05) is 16.4 Å². The zero-order valence-electron chi connectivity index (χ0n) is 33.7. The van der Waals surface area contributed by atoms with Gasteiger partial charge < -0.3 is 0 Å². The maximum Gasteiger partial charge on any atom is 0.0236 e. The second-order valence-electron chi connectivity index (χ2n) is 12.7. The van der Waals surface area contributed by atoms with Crippen molar-refractivity contribution in [1.29, 1.82) is 0 Å². The van der Waals surface area contributed by atoms with Crippen molar-refractivity contribution in [3.63, 3.8) is 0 Å². The van der Waals surface area contributed by atoms with E-state index in [0.29, 0.717) is 6.42 Å². The normalized spacial score (nSPS) is 21.4. The third-order valence-electron chi connectivity index (χ3n) is 5.79. The average molecular weight is 411 g/mol. The molecular formula is C28H62. The first-order valence-corrected chi connectivity index (χ1v) is 10.2. The second kappa shape index (κ2) is 9.87. The third-order valence-corrected chi connectivity index (χ3v) is 5.79. The molecule has 0 nitrogen and oxygen atoms in total. The summed E-state index contributed by atoms with van der Waals surface area (Å²) in [5.74, 6) is 0. The van der Waals surface area contributed by atoms with Gasteiger partial charge in [0.25, 0.3) is 0 Å². The van der Waals surface area contributed by atoms with Crippen LogP contribution in [0.2, 0.25) is 0 Å². The lowest BCUT2D eigenvalue weighted by Gasteiger charge is -2.49. The van der Waals surface area contributed by atoms with Crippen molar-refractivity contribution in [3.8, 4) is 0 Å². The topological polar surface area (TPSA) is 0 Å². The van der Waals surface area contributed by atoms with Crippen molar-refractivity contribution in [2.24, 2.45) is 37.9 Å². The van der Waals surface area contributed by atoms with Gasteiger partial charge in [-0.05, 0) is 44.3 Å². The molecule has 0 aliphatic carbocycles. The molecule has 0 atom stereocenters. The monoisotopic (exact) mass is 411 g/mol. The van der Waals surface area contributed by atoms with Crippen molar-refractivity contribution in [1.82, 2.24) is 0 Å². The van der Waals surface area contributed by atoms with Crippen molar-refractivity contribution < 1.29 is 16.4 Å². The second-order valence-corrected chi connectivity index (χ2v) is 12.7. The van der Waals surface area contributed by atoms with E-state index in [-0.39, 0.29) is 0 Å². The molecule has 0 bridgehead atoms. The van der Waals surface area contributed by atoms with E-state index in [0.717, 1.165) is 0 Å². The Labute approximate surface area is 199 Å². The van der Waals surface area contributed by atoms with Crippen LogP contribution < -0.4 is 0 Å². The van der Waals surface area contributed by atoms with Crippen molar-refractivity contribution >= 4 is 0 Å². The van der Waals surface area contributed by atoms with Gasteiger partial charge in [-0.1, -0.05) is 138 Å². The highest BCUT2D eigenvalue weighted by Gasteiger charge is 2.42. The van der Waals surface area contributed by atoms with Crippen LogP contribution in [0.1, 0.15) is 161 Å². The molecule has 0 radical (unpaired) electrons. The molecule has 0 aliphatic heterocycles. The van der Waals surface area contributed by atoms with E-state index in [1.807, 2.05) is 69.2 Å². The fraction of sp³-hybridized carbons (Fsp3) is 1.00. The van der Waals surface area contributed by atoms with Crippen LogP contribution >= 0.6 is 0 Å². The summed E-state index contributed by atoms with van der Waals surface area (Å²) in [5.41, 5.74) is -3.63. The predicted octanol–water partition coefficient (Wildman–Crippen LogP) is 10.7. The molecule has 0 aromatic heterocycles. The smallest absolute Gasteiger partial charge is 0.0236 e. The standard InChI is InChI=1S/C11H24.C9H20.C8H18/c1-9(2,3)11(7,8)10(4,5)6;1-8(2,3)7-9(4,5)6;1-7(2,3)8(4,5)6/h1-8H3;7H2,1-6H3;1-6H3/i3*1D2,4D2. The fourth-order valence-electron chi connectivity index (χ4n) is 2.00. The van der Waals surface area contributed by atoms with Crippen LogP contribution in [0.15, 0.2) is 0 Å². The van der Waals surface area contributed by atoms with Crippen LogP contribution in [0.5, 0.6) is 0 Å². The summed E-state index contributed by atoms with van der Waals surface area (Å²) in [6.07, 6.45) is 0.565. The molecular weight excluding hydrogens is 336 g/mol. The lowest BCUT2D eigenvalue weighted by Crippen LogP contribution is -2.41. The minimum atomic E-state index is -0.995. The van der Waals surface area contributed by atoms with E-state index in [1.54, 1.807) is 27.7 Å². The number of rotatable bonds is 0. The largest absolute Gasteiger partial charge is 0.0602 e. The highest BCUT2D eigenvalue weighted by Crippen LogP contribution is 2.50. The molecule has 0 fully saturated rings. The molecule has 0 saturated carbocycles. The fourth-order valence-corrected chi connectivity index (χ4v) is 2.00. The molecule has 28 heavy (non-hydrogen) atoms. The summed E-state index contributed by atoms with van der Waals surface area (Å²) in [4.78, 5) is 0. The molecule has 0 heterocycles. The van der Waals surface area contributed by atoms with Gasteiger partial charge in [-0.15, -0.1) is 0 Å². The van der Waals surface area contributed by atoms with Gasteiger partial charge in [0.1, 0.15) is 0 Å². The molecule has 0 N–H and O–H groups in total. The molecule has 0 saturated heterocycles. The van der Waals surface area contributed by atoms with Gasteiger partial charge in [0.15, 0.2) is 0 Å². The Kier molecular flexibility index (Phi) is 5.26. The molecule has 0 spiro atoms. The Morgan fingerprint density at radius 1 is 0.393 bits per heavy atom. The van der Waals surface area contributed by atoms with Crippen molar-refractivity contribution in [2.75, 3.05) is 0 Å². The van der Waals surface area contributed by atoms with E-state index in [2.05, 4.69) is 0 Å². The van der Waals surface area contributed by atoms with E-state index < -0.39 is 79.2 Å². The first-order chi connectivity index (χ1) is 17.1. The molecule has 0 aromatic carbocycles. The SMILES string of the molecule is [2H]C([2H])C(C)(C)C(C)(C)C(C)(C)C([2H])[2H].[2H]C([2H])C(C)(C)C(C)(C)C([2H])[2H].[2H]C([2H])C(C)(C)CC(C)(C)C([2H])[2H]. The van der Waals surface area contributed by atoms with Gasteiger partial charge in [-0.3, -0.25) is 0 Å². The molecule has 0 aromatic rings. The predicted molar refractivity (Wildman–Crippen MR) is 135 cm³/mol. The van der Waals surface area contributed by atoms with Crippen LogP contribution in [-0.4, -0.2) is 0 Å². The van der Waals surface area contributed by atoms with Gasteiger partial charge in [-0.2, -0.15) is 0 Å². The highest BCUT2D eigenvalue weighted by molar-refractivity contribution is 4.91. The quantitative estimate of drug-likeness (QED) is 0.372. The molecule has 0 rings (SSSR count). The molecule has 0 heteroatoms. The van der Waals surface area contributed by atoms with E-state index >= 15 is 0 Å². The Morgan fingerprint density at radius 3 is 0.821 bits per heavy atom. The summed E-state index contributed by atoms with van der Waals surface area (Å²) >= 11 is 0. The summed E-state index contributed by atoms with van der Waals surface area (Å²) in [6, 6.07) is 0. The Balaban J connectivity index is -0.000000517. The van der Waals surface area contributed by atoms with Crippen molar-refractivity contribution in [3.05, 3.63) is 0 Å². The summed E-state index contributed by atoms with van der Waals surface area (Å²) in [6.45, 7) is 20.2. The minimum absolute atomic E-state index is 0.414. The summed E-state index contributed by atoms with van der Waals surface area (Å²) < 4.78 is 89.1. The van der Waals surface area contributed by atoms with Crippen LogP contribution in [0.3, 0.4) is 0 Å². The molecule has 0 amide bonds. The summed E-state index contributed by atoms with van der Waals surface area (Å²) in [5, 5.41) is 0. The van der Waals surface area contributed by atoms with Crippen molar-refractivity contribution in [2.45, 2.75) is 145 Å². The number of hydrogen-bond donors (Lipinski definition) is 0. The van der Waals surface area contributed by atoms with Gasteiger partial charge in [0.05, 0.1) is 0 Å². The minimum Gasteiger partial charge on any atom is -0.0602 e. The lowest BCUT2D eigenvalue weighted by molar-refractivity contribution is 0.00575. The Hall–Kier alpha value is 0. The average Bonchev–Trinajstić information content (AvgIpc) is 2.72. The van der Waals surface area contributed by atoms with Crippen LogP contribution in [0, 0.1) is 37.9 Å². The highest BCUT2D eigenvalue weighted by atomic mass is 14.5. The van der Waals surface area contributed by atoms with Crippen LogP contribution in [0.25, 0.3) is 0 Å². The Bertz CT molecular complexity index is 661. The zero-order chi connectivity index (χ0) is 33.7. The summed E-state index contributed by atoms with van der Waals surface area (Å²) in [7, 11) is 0. The number of hydrogen-bond acceptors (Lipinski definition) is 0. The van der Waals surface area contributed by atoms with Gasteiger partial charge in [0.2, 0.25) is 0 Å². The third kappa shape index (κ3) is 14.9. The maximum atomic E-state index is 7.60. The first-order valence-electron chi connectivity index (χ1n) is 17.1. The molecule has 0 aliphatic rings.